The molecular weight excluding hydrogens is 275 g/mol. The molecule has 0 saturated carbocycles. The summed E-state index contributed by atoms with van der Waals surface area (Å²) < 4.78 is 41.9. The second-order valence-corrected chi connectivity index (χ2v) is 4.69. The Balaban J connectivity index is 2.65. The van der Waals surface area contributed by atoms with Gasteiger partial charge < -0.3 is 15.2 Å². The molecule has 20 heavy (non-hydrogen) atoms. The number of rotatable bonds is 5. The number of carbonyl (C=O) groups is 1. The molecule has 1 rings (SSSR count). The molecule has 4 nitrogen and oxygen atoms in total. The number of hydrogen-bond acceptors (Lipinski definition) is 3. The predicted octanol–water partition coefficient (Wildman–Crippen LogP) is 1.83. The van der Waals surface area contributed by atoms with Gasteiger partial charge in [-0.1, -0.05) is 0 Å². The van der Waals surface area contributed by atoms with E-state index in [2.05, 4.69) is 5.32 Å². The van der Waals surface area contributed by atoms with Gasteiger partial charge in [0.05, 0.1) is 12.2 Å². The Hall–Kier alpha value is -1.60. The Morgan fingerprint density at radius 1 is 1.30 bits per heavy atom. The highest BCUT2D eigenvalue weighted by atomic mass is 19.4. The van der Waals surface area contributed by atoms with Crippen LogP contribution in [0.25, 0.3) is 0 Å². The zero-order valence-corrected chi connectivity index (χ0v) is 11.1. The third-order valence-corrected chi connectivity index (χ3v) is 2.56. The standard InChI is InChI=1S/C13H16F3NO3/c1-12(19,8-20-2)7-17-11(18)9-3-5-10(6-4-9)13(14,15)16/h3-6,19H,7-8H2,1-2H3,(H,17,18). The van der Waals surface area contributed by atoms with Crippen LogP contribution in [0.3, 0.4) is 0 Å². The molecule has 1 amide bonds. The molecular formula is C13H16F3NO3. The van der Waals surface area contributed by atoms with Gasteiger partial charge in [0.2, 0.25) is 0 Å². The van der Waals surface area contributed by atoms with Crippen molar-refractivity contribution < 1.29 is 27.8 Å². The van der Waals surface area contributed by atoms with Gasteiger partial charge in [0.1, 0.15) is 5.60 Å². The van der Waals surface area contributed by atoms with Crippen molar-refractivity contribution in [2.24, 2.45) is 0 Å². The van der Waals surface area contributed by atoms with E-state index in [1.807, 2.05) is 0 Å². The Morgan fingerprint density at radius 3 is 2.30 bits per heavy atom. The van der Waals surface area contributed by atoms with E-state index in [0.29, 0.717) is 0 Å². The molecule has 112 valence electrons. The van der Waals surface area contributed by atoms with Gasteiger partial charge >= 0.3 is 6.18 Å². The number of aliphatic hydroxyl groups is 1. The molecule has 1 aromatic rings. The first kappa shape index (κ1) is 16.5. The monoisotopic (exact) mass is 291 g/mol. The van der Waals surface area contributed by atoms with Gasteiger partial charge in [0, 0.05) is 19.2 Å². The fourth-order valence-electron chi connectivity index (χ4n) is 1.55. The van der Waals surface area contributed by atoms with Crippen LogP contribution in [0.1, 0.15) is 22.8 Å². The molecule has 0 aliphatic rings. The van der Waals surface area contributed by atoms with Gasteiger partial charge in [-0.25, -0.2) is 0 Å². The van der Waals surface area contributed by atoms with E-state index in [0.717, 1.165) is 24.3 Å². The van der Waals surface area contributed by atoms with Crippen LogP contribution in [-0.4, -0.2) is 36.9 Å². The molecule has 0 heterocycles. The maximum absolute atomic E-state index is 12.4. The number of carbonyl (C=O) groups excluding carboxylic acids is 1. The number of methoxy groups -OCH3 is 1. The lowest BCUT2D eigenvalue weighted by molar-refractivity contribution is -0.137. The van der Waals surface area contributed by atoms with Crippen LogP contribution < -0.4 is 5.32 Å². The molecule has 0 bridgehead atoms. The van der Waals surface area contributed by atoms with Crippen LogP contribution in [-0.2, 0) is 10.9 Å². The SMILES string of the molecule is COCC(C)(O)CNC(=O)c1ccc(C(F)(F)F)cc1. The normalized spacial score (nSPS) is 14.7. The predicted molar refractivity (Wildman–Crippen MR) is 66.3 cm³/mol. The van der Waals surface area contributed by atoms with E-state index >= 15 is 0 Å². The minimum Gasteiger partial charge on any atom is -0.386 e. The fraction of sp³-hybridized carbons (Fsp3) is 0.462. The number of alkyl halides is 3. The van der Waals surface area contributed by atoms with E-state index in [9.17, 15) is 23.1 Å². The second-order valence-electron chi connectivity index (χ2n) is 4.69. The lowest BCUT2D eigenvalue weighted by Crippen LogP contribution is -2.43. The maximum Gasteiger partial charge on any atom is 0.416 e. The number of ether oxygens (including phenoxy) is 1. The van der Waals surface area contributed by atoms with E-state index < -0.39 is 23.2 Å². The van der Waals surface area contributed by atoms with Gasteiger partial charge in [-0.05, 0) is 31.2 Å². The number of benzene rings is 1. The van der Waals surface area contributed by atoms with Gasteiger partial charge in [0.25, 0.3) is 5.91 Å². The molecule has 0 spiro atoms. The summed E-state index contributed by atoms with van der Waals surface area (Å²) in [5.41, 5.74) is -1.97. The van der Waals surface area contributed by atoms with Crippen LogP contribution in [0.5, 0.6) is 0 Å². The molecule has 2 N–H and O–H groups in total. The summed E-state index contributed by atoms with van der Waals surface area (Å²) in [4.78, 5) is 11.7. The van der Waals surface area contributed by atoms with Crippen molar-refractivity contribution in [1.29, 1.82) is 0 Å². The lowest BCUT2D eigenvalue weighted by Gasteiger charge is -2.22. The highest BCUT2D eigenvalue weighted by Gasteiger charge is 2.30. The van der Waals surface area contributed by atoms with Crippen LogP contribution in [0, 0.1) is 0 Å². The summed E-state index contributed by atoms with van der Waals surface area (Å²) in [6.45, 7) is 1.44. The van der Waals surface area contributed by atoms with Crippen molar-refractivity contribution in [2.75, 3.05) is 20.3 Å². The molecule has 1 unspecified atom stereocenters. The average molecular weight is 291 g/mol. The fourth-order valence-corrected chi connectivity index (χ4v) is 1.55. The molecule has 1 atom stereocenters. The molecule has 0 aliphatic carbocycles. The molecule has 1 aromatic carbocycles. The third-order valence-electron chi connectivity index (χ3n) is 2.56. The van der Waals surface area contributed by atoms with E-state index in [1.165, 1.54) is 14.0 Å². The highest BCUT2D eigenvalue weighted by Crippen LogP contribution is 2.29. The summed E-state index contributed by atoms with van der Waals surface area (Å²) in [5.74, 6) is -0.560. The van der Waals surface area contributed by atoms with E-state index in [4.69, 9.17) is 4.74 Å². The van der Waals surface area contributed by atoms with Crippen LogP contribution in [0.15, 0.2) is 24.3 Å². The smallest absolute Gasteiger partial charge is 0.386 e. The van der Waals surface area contributed by atoms with Crippen molar-refractivity contribution in [3.8, 4) is 0 Å². The van der Waals surface area contributed by atoms with Crippen molar-refractivity contribution in [3.05, 3.63) is 35.4 Å². The Bertz CT molecular complexity index is 455. The van der Waals surface area contributed by atoms with Crippen LogP contribution >= 0.6 is 0 Å². The van der Waals surface area contributed by atoms with Gasteiger partial charge in [-0.2, -0.15) is 13.2 Å². The summed E-state index contributed by atoms with van der Waals surface area (Å²) in [6, 6.07) is 3.84. The average Bonchev–Trinajstić information content (AvgIpc) is 2.35. The number of hydrogen-bond donors (Lipinski definition) is 2. The largest absolute Gasteiger partial charge is 0.416 e. The summed E-state index contributed by atoms with van der Waals surface area (Å²) in [6.07, 6.45) is -4.43. The summed E-state index contributed by atoms with van der Waals surface area (Å²) >= 11 is 0. The second kappa shape index (κ2) is 6.23. The Labute approximate surface area is 114 Å². The Morgan fingerprint density at radius 2 is 1.85 bits per heavy atom. The minimum absolute atomic E-state index is 0.0281. The topological polar surface area (TPSA) is 58.6 Å². The first-order valence-electron chi connectivity index (χ1n) is 5.82. The molecule has 0 radical (unpaired) electrons. The summed E-state index contributed by atoms with van der Waals surface area (Å²) in [7, 11) is 1.41. The highest BCUT2D eigenvalue weighted by molar-refractivity contribution is 5.94. The quantitative estimate of drug-likeness (QED) is 0.870. The first-order valence-corrected chi connectivity index (χ1v) is 5.82. The maximum atomic E-state index is 12.4. The summed E-state index contributed by atoms with van der Waals surface area (Å²) in [5, 5.41) is 12.2. The van der Waals surface area contributed by atoms with Crippen LogP contribution in [0.2, 0.25) is 0 Å². The van der Waals surface area contributed by atoms with E-state index in [1.54, 1.807) is 0 Å². The van der Waals surface area contributed by atoms with Crippen molar-refractivity contribution in [2.45, 2.75) is 18.7 Å². The van der Waals surface area contributed by atoms with Gasteiger partial charge in [-0.15, -0.1) is 0 Å². The minimum atomic E-state index is -4.43. The Kier molecular flexibility index (Phi) is 5.13. The van der Waals surface area contributed by atoms with E-state index in [-0.39, 0.29) is 18.7 Å². The molecule has 0 saturated heterocycles. The first-order chi connectivity index (χ1) is 9.15. The molecule has 7 heteroatoms. The number of halogens is 3. The zero-order valence-electron chi connectivity index (χ0n) is 11.1. The lowest BCUT2D eigenvalue weighted by atomic mass is 10.1. The van der Waals surface area contributed by atoms with Gasteiger partial charge in [0.15, 0.2) is 0 Å². The number of amides is 1. The number of nitrogens with one attached hydrogen (secondary N) is 1. The molecule has 0 aromatic heterocycles. The van der Waals surface area contributed by atoms with Crippen molar-refractivity contribution in [3.63, 3.8) is 0 Å². The van der Waals surface area contributed by atoms with Crippen LogP contribution in [0.4, 0.5) is 13.2 Å². The third kappa shape index (κ3) is 4.82. The molecule has 0 fully saturated rings. The zero-order chi connectivity index (χ0) is 15.4. The molecule has 0 aliphatic heterocycles. The van der Waals surface area contributed by atoms with Crippen molar-refractivity contribution in [1.82, 2.24) is 5.32 Å². The van der Waals surface area contributed by atoms with Gasteiger partial charge in [-0.3, -0.25) is 4.79 Å². The van der Waals surface area contributed by atoms with Crippen molar-refractivity contribution >= 4 is 5.91 Å².